The van der Waals surface area contributed by atoms with Gasteiger partial charge in [-0.15, -0.1) is 0 Å². The van der Waals surface area contributed by atoms with Crippen LogP contribution in [0, 0.1) is 11.8 Å². The summed E-state index contributed by atoms with van der Waals surface area (Å²) < 4.78 is 43.5. The van der Waals surface area contributed by atoms with Crippen molar-refractivity contribution in [3.05, 3.63) is 54.1 Å². The van der Waals surface area contributed by atoms with Gasteiger partial charge < -0.3 is 20.1 Å². The molecule has 4 nitrogen and oxygen atoms in total. The SMILES string of the molecule is CCC/C=C\CC[C@H]1C(O)CC(O)[C@@H]1/C=C/C(O)COc1cccc(C(F)(F)F)c1. The van der Waals surface area contributed by atoms with Crippen LogP contribution in [0.4, 0.5) is 13.2 Å². The molecule has 1 aliphatic carbocycles. The van der Waals surface area contributed by atoms with E-state index in [0.717, 1.165) is 37.8 Å². The van der Waals surface area contributed by atoms with Gasteiger partial charge in [0.2, 0.25) is 0 Å². The van der Waals surface area contributed by atoms with Crippen LogP contribution < -0.4 is 4.74 Å². The first-order valence-electron chi connectivity index (χ1n) is 10.4. The van der Waals surface area contributed by atoms with Gasteiger partial charge >= 0.3 is 6.18 Å². The van der Waals surface area contributed by atoms with Gasteiger partial charge in [0.1, 0.15) is 18.5 Å². The molecule has 0 bridgehead atoms. The molecule has 0 aliphatic heterocycles. The molecule has 0 spiro atoms. The summed E-state index contributed by atoms with van der Waals surface area (Å²) in [4.78, 5) is 0. The molecule has 2 rings (SSSR count). The van der Waals surface area contributed by atoms with Crippen LogP contribution >= 0.6 is 0 Å². The van der Waals surface area contributed by atoms with E-state index in [1.165, 1.54) is 18.2 Å². The molecule has 0 saturated heterocycles. The average Bonchev–Trinajstić information content (AvgIpc) is 2.96. The number of ether oxygens (including phenoxy) is 1. The predicted octanol–water partition coefficient (Wildman–Crippen LogP) is 4.50. The monoisotopic (exact) mass is 428 g/mol. The summed E-state index contributed by atoms with van der Waals surface area (Å²) in [6.07, 6.45) is 4.44. The first-order chi connectivity index (χ1) is 14.2. The van der Waals surface area contributed by atoms with Crippen LogP contribution in [0.3, 0.4) is 0 Å². The fraction of sp³-hybridized carbons (Fsp3) is 0.565. The first-order valence-corrected chi connectivity index (χ1v) is 10.4. The van der Waals surface area contributed by atoms with E-state index in [1.807, 2.05) is 0 Å². The maximum absolute atomic E-state index is 12.8. The van der Waals surface area contributed by atoms with E-state index >= 15 is 0 Å². The molecule has 1 fully saturated rings. The minimum atomic E-state index is -4.46. The predicted molar refractivity (Wildman–Crippen MR) is 109 cm³/mol. The van der Waals surface area contributed by atoms with Crippen LogP contribution in [0.25, 0.3) is 0 Å². The van der Waals surface area contributed by atoms with E-state index in [9.17, 15) is 28.5 Å². The molecule has 0 amide bonds. The minimum absolute atomic E-state index is 0.0188. The van der Waals surface area contributed by atoms with Crippen molar-refractivity contribution in [2.75, 3.05) is 6.61 Å². The lowest BCUT2D eigenvalue weighted by Gasteiger charge is -2.20. The number of unbranched alkanes of at least 4 members (excludes halogenated alkanes) is 1. The highest BCUT2D eigenvalue weighted by Gasteiger charge is 2.39. The summed E-state index contributed by atoms with van der Waals surface area (Å²) in [5.41, 5.74) is -0.816. The van der Waals surface area contributed by atoms with Crippen molar-refractivity contribution in [2.45, 2.75) is 63.5 Å². The van der Waals surface area contributed by atoms with Crippen molar-refractivity contribution < 1.29 is 33.2 Å². The molecular weight excluding hydrogens is 397 g/mol. The Hall–Kier alpha value is -1.83. The third-order valence-corrected chi connectivity index (χ3v) is 5.34. The molecule has 1 aromatic rings. The second-order valence-electron chi connectivity index (χ2n) is 7.74. The van der Waals surface area contributed by atoms with E-state index < -0.39 is 30.1 Å². The Kier molecular flexibility index (Phi) is 9.39. The van der Waals surface area contributed by atoms with Gasteiger partial charge in [-0.25, -0.2) is 0 Å². The van der Waals surface area contributed by atoms with Crippen LogP contribution in [-0.4, -0.2) is 40.2 Å². The Labute approximate surface area is 175 Å². The van der Waals surface area contributed by atoms with Crippen molar-refractivity contribution >= 4 is 0 Å². The lowest BCUT2D eigenvalue weighted by molar-refractivity contribution is -0.137. The number of hydrogen-bond acceptors (Lipinski definition) is 4. The zero-order valence-electron chi connectivity index (χ0n) is 17.1. The summed E-state index contributed by atoms with van der Waals surface area (Å²) in [7, 11) is 0. The summed E-state index contributed by atoms with van der Waals surface area (Å²) in [6.45, 7) is 1.89. The number of hydrogen-bond donors (Lipinski definition) is 3. The van der Waals surface area contributed by atoms with Gasteiger partial charge in [0, 0.05) is 12.3 Å². The molecule has 0 radical (unpaired) electrons. The Morgan fingerprint density at radius 1 is 1.17 bits per heavy atom. The topological polar surface area (TPSA) is 69.9 Å². The van der Waals surface area contributed by atoms with Gasteiger partial charge in [-0.2, -0.15) is 13.2 Å². The fourth-order valence-corrected chi connectivity index (χ4v) is 3.72. The molecule has 3 unspecified atom stereocenters. The lowest BCUT2D eigenvalue weighted by Crippen LogP contribution is -2.22. The first kappa shape index (κ1) is 24.4. The van der Waals surface area contributed by atoms with Crippen LogP contribution in [0.2, 0.25) is 0 Å². The van der Waals surface area contributed by atoms with E-state index in [0.29, 0.717) is 0 Å². The van der Waals surface area contributed by atoms with Crippen LogP contribution in [0.1, 0.15) is 44.6 Å². The normalized spacial score (nSPS) is 26.0. The number of halogens is 3. The van der Waals surface area contributed by atoms with Gasteiger partial charge in [0.25, 0.3) is 0 Å². The van der Waals surface area contributed by atoms with Gasteiger partial charge in [-0.1, -0.05) is 43.7 Å². The average molecular weight is 428 g/mol. The smallest absolute Gasteiger partial charge is 0.416 e. The summed E-state index contributed by atoms with van der Waals surface area (Å²) in [6, 6.07) is 4.48. The highest BCUT2D eigenvalue weighted by Crippen LogP contribution is 2.37. The second kappa shape index (κ2) is 11.5. The standard InChI is InChI=1S/C23H31F3O4/c1-2-3-4-5-6-10-19-20(22(29)14-21(19)28)12-11-17(27)15-30-18-9-7-8-16(13-18)23(24,25)26/h4-5,7-9,11-13,17,19-22,27-29H,2-3,6,10,14-15H2,1H3/b5-4-,12-11+/t17?,19-,20-,21?,22?/m1/s1. The number of rotatable bonds is 10. The summed E-state index contributed by atoms with van der Waals surface area (Å²) in [5, 5.41) is 30.6. The minimum Gasteiger partial charge on any atom is -0.491 e. The van der Waals surface area contributed by atoms with E-state index in [1.54, 1.807) is 6.08 Å². The second-order valence-corrected chi connectivity index (χ2v) is 7.74. The molecule has 1 saturated carbocycles. The zero-order valence-corrected chi connectivity index (χ0v) is 17.1. The summed E-state index contributed by atoms with van der Waals surface area (Å²) in [5.74, 6) is -0.382. The number of allylic oxidation sites excluding steroid dienone is 2. The molecule has 7 heteroatoms. The Morgan fingerprint density at radius 2 is 1.90 bits per heavy atom. The van der Waals surface area contributed by atoms with Crippen molar-refractivity contribution in [1.82, 2.24) is 0 Å². The van der Waals surface area contributed by atoms with Crippen LogP contribution in [-0.2, 0) is 6.18 Å². The van der Waals surface area contributed by atoms with E-state index in [2.05, 4.69) is 19.1 Å². The largest absolute Gasteiger partial charge is 0.491 e. The molecule has 0 aromatic heterocycles. The van der Waals surface area contributed by atoms with Gasteiger partial charge in [0.15, 0.2) is 0 Å². The molecule has 5 atom stereocenters. The molecular formula is C23H31F3O4. The Bertz CT molecular complexity index is 702. The van der Waals surface area contributed by atoms with Crippen molar-refractivity contribution in [3.63, 3.8) is 0 Å². The molecule has 168 valence electrons. The molecule has 1 aliphatic rings. The number of aliphatic hydroxyl groups is 3. The highest BCUT2D eigenvalue weighted by atomic mass is 19.4. The van der Waals surface area contributed by atoms with Crippen molar-refractivity contribution in [2.24, 2.45) is 11.8 Å². The summed E-state index contributed by atoms with van der Waals surface area (Å²) >= 11 is 0. The third kappa shape index (κ3) is 7.45. The van der Waals surface area contributed by atoms with Crippen molar-refractivity contribution in [3.8, 4) is 5.75 Å². The fourth-order valence-electron chi connectivity index (χ4n) is 3.72. The highest BCUT2D eigenvalue weighted by molar-refractivity contribution is 5.30. The Morgan fingerprint density at radius 3 is 2.60 bits per heavy atom. The van der Waals surface area contributed by atoms with E-state index in [4.69, 9.17) is 4.74 Å². The zero-order chi connectivity index (χ0) is 22.1. The maximum atomic E-state index is 12.8. The quantitative estimate of drug-likeness (QED) is 0.480. The maximum Gasteiger partial charge on any atom is 0.416 e. The molecule has 3 N–H and O–H groups in total. The van der Waals surface area contributed by atoms with E-state index in [-0.39, 0.29) is 30.6 Å². The van der Waals surface area contributed by atoms with Crippen molar-refractivity contribution in [1.29, 1.82) is 0 Å². The molecule has 1 aromatic carbocycles. The molecule has 30 heavy (non-hydrogen) atoms. The molecule has 0 heterocycles. The number of alkyl halides is 3. The van der Waals surface area contributed by atoms with Gasteiger partial charge in [-0.05, 0) is 43.4 Å². The number of benzene rings is 1. The lowest BCUT2D eigenvalue weighted by atomic mass is 9.88. The number of aliphatic hydroxyl groups excluding tert-OH is 3. The van der Waals surface area contributed by atoms with Gasteiger partial charge in [0.05, 0.1) is 17.8 Å². The van der Waals surface area contributed by atoms with Gasteiger partial charge in [-0.3, -0.25) is 0 Å². The van der Waals surface area contributed by atoms with Crippen LogP contribution in [0.5, 0.6) is 5.75 Å². The third-order valence-electron chi connectivity index (χ3n) is 5.34. The van der Waals surface area contributed by atoms with Crippen LogP contribution in [0.15, 0.2) is 48.6 Å². The Balaban J connectivity index is 1.89.